The first kappa shape index (κ1) is 24.0. The molecule has 4 aromatic rings. The van der Waals surface area contributed by atoms with Crippen LogP contribution in [0.5, 0.6) is 11.5 Å². The predicted octanol–water partition coefficient (Wildman–Crippen LogP) is 7.99. The first-order valence-electron chi connectivity index (χ1n) is 12.9. The zero-order chi connectivity index (χ0) is 25.9. The van der Waals surface area contributed by atoms with Crippen LogP contribution in [0.25, 0.3) is 0 Å². The van der Waals surface area contributed by atoms with Gasteiger partial charge < -0.3 is 14.8 Å². The summed E-state index contributed by atoms with van der Waals surface area (Å²) in [6, 6.07) is 29.4. The Morgan fingerprint density at radius 1 is 0.947 bits per heavy atom. The van der Waals surface area contributed by atoms with Crippen molar-refractivity contribution in [1.82, 2.24) is 0 Å². The highest BCUT2D eigenvalue weighted by Gasteiger charge is 2.37. The van der Waals surface area contributed by atoms with Gasteiger partial charge in [0.05, 0.1) is 18.8 Å². The van der Waals surface area contributed by atoms with Crippen molar-refractivity contribution in [1.29, 1.82) is 0 Å². The second-order valence-corrected chi connectivity index (χ2v) is 9.74. The van der Waals surface area contributed by atoms with Gasteiger partial charge in [-0.05, 0) is 83.1 Å². The van der Waals surface area contributed by atoms with Crippen LogP contribution in [-0.2, 0) is 6.61 Å². The molecule has 0 spiro atoms. The first-order chi connectivity index (χ1) is 18.7. The number of rotatable bonds is 7. The van der Waals surface area contributed by atoms with Crippen LogP contribution in [-0.4, -0.2) is 13.3 Å². The highest BCUT2D eigenvalue weighted by atomic mass is 19.1. The molecule has 0 radical (unpaired) electrons. The topological polar surface area (TPSA) is 42.8 Å². The Morgan fingerprint density at radius 3 is 2.58 bits per heavy atom. The zero-order valence-corrected chi connectivity index (χ0v) is 21.2. The van der Waals surface area contributed by atoms with Gasteiger partial charge in [0.1, 0.15) is 12.4 Å². The van der Waals surface area contributed by atoms with Gasteiger partial charge in [-0.25, -0.2) is 4.39 Å². The average Bonchev–Trinajstić information content (AvgIpc) is 3.46. The summed E-state index contributed by atoms with van der Waals surface area (Å²) in [5.41, 5.74) is 6.58. The third-order valence-electron chi connectivity index (χ3n) is 7.38. The Hall–Kier alpha value is -4.38. The van der Waals surface area contributed by atoms with Gasteiger partial charge in [-0.2, -0.15) is 0 Å². The lowest BCUT2D eigenvalue weighted by Gasteiger charge is -2.37. The lowest BCUT2D eigenvalue weighted by molar-refractivity contribution is 0.284. The molecule has 1 aliphatic carbocycles. The zero-order valence-electron chi connectivity index (χ0n) is 21.2. The van der Waals surface area contributed by atoms with Crippen molar-refractivity contribution >= 4 is 17.6 Å². The van der Waals surface area contributed by atoms with Gasteiger partial charge in [-0.3, -0.25) is 4.99 Å². The summed E-state index contributed by atoms with van der Waals surface area (Å²) < 4.78 is 24.6. The molecule has 4 aromatic carbocycles. The fourth-order valence-electron chi connectivity index (χ4n) is 5.42. The molecule has 3 atom stereocenters. The van der Waals surface area contributed by atoms with E-state index in [1.54, 1.807) is 19.2 Å². The summed E-state index contributed by atoms with van der Waals surface area (Å²) in [6.45, 7) is 0.329. The number of para-hydroxylation sites is 1. The van der Waals surface area contributed by atoms with Gasteiger partial charge in [0.2, 0.25) is 0 Å². The number of ether oxygens (including phenoxy) is 2. The van der Waals surface area contributed by atoms with Gasteiger partial charge in [-0.15, -0.1) is 0 Å². The predicted molar refractivity (Wildman–Crippen MR) is 150 cm³/mol. The van der Waals surface area contributed by atoms with E-state index in [2.05, 4.69) is 71.0 Å². The summed E-state index contributed by atoms with van der Waals surface area (Å²) in [5, 5.41) is 3.78. The molecule has 2 aliphatic rings. The van der Waals surface area contributed by atoms with Gasteiger partial charge in [0.25, 0.3) is 0 Å². The van der Waals surface area contributed by atoms with Crippen LogP contribution in [0.3, 0.4) is 0 Å². The molecule has 0 bridgehead atoms. The molecule has 0 saturated heterocycles. The Kier molecular flexibility index (Phi) is 6.65. The van der Waals surface area contributed by atoms with Crippen LogP contribution in [0.15, 0.2) is 108 Å². The molecule has 1 heterocycles. The summed E-state index contributed by atoms with van der Waals surface area (Å²) in [6.07, 6.45) is 7.59. The number of aliphatic imine (C=N–C) groups is 1. The summed E-state index contributed by atoms with van der Waals surface area (Å²) in [4.78, 5) is 4.68. The minimum absolute atomic E-state index is 0.263. The van der Waals surface area contributed by atoms with E-state index in [0.717, 1.165) is 23.2 Å². The maximum absolute atomic E-state index is 13.1. The largest absolute Gasteiger partial charge is 0.493 e. The molecule has 0 saturated carbocycles. The van der Waals surface area contributed by atoms with Crippen molar-refractivity contribution in [2.24, 2.45) is 10.9 Å². The van der Waals surface area contributed by atoms with Crippen LogP contribution in [0.4, 0.5) is 15.8 Å². The molecule has 6 rings (SSSR count). The van der Waals surface area contributed by atoms with Crippen molar-refractivity contribution < 1.29 is 13.9 Å². The Labute approximate surface area is 222 Å². The van der Waals surface area contributed by atoms with Crippen LogP contribution in [0.2, 0.25) is 0 Å². The molecule has 38 heavy (non-hydrogen) atoms. The maximum Gasteiger partial charge on any atom is 0.161 e. The normalized spacial score (nSPS) is 19.6. The molecular weight excluding hydrogens is 475 g/mol. The number of anilines is 1. The number of hydrogen-bond acceptors (Lipinski definition) is 4. The number of hydrogen-bond donors (Lipinski definition) is 1. The van der Waals surface area contributed by atoms with E-state index in [1.807, 2.05) is 24.4 Å². The lowest BCUT2D eigenvalue weighted by Crippen LogP contribution is -2.28. The molecule has 1 N–H and O–H groups in total. The Morgan fingerprint density at radius 2 is 1.76 bits per heavy atom. The fraction of sp³-hybridized carbons (Fsp3) is 0.182. The smallest absolute Gasteiger partial charge is 0.161 e. The van der Waals surface area contributed by atoms with E-state index < -0.39 is 0 Å². The second kappa shape index (κ2) is 10.5. The molecular formula is C33H29FN2O2. The quantitative estimate of drug-likeness (QED) is 0.205. The number of benzene rings is 4. The monoisotopic (exact) mass is 504 g/mol. The van der Waals surface area contributed by atoms with E-state index in [9.17, 15) is 4.39 Å². The summed E-state index contributed by atoms with van der Waals surface area (Å²) >= 11 is 0. The van der Waals surface area contributed by atoms with Crippen LogP contribution in [0.1, 0.15) is 40.6 Å². The van der Waals surface area contributed by atoms with Crippen molar-refractivity contribution in [2.75, 3.05) is 12.4 Å². The summed E-state index contributed by atoms with van der Waals surface area (Å²) in [7, 11) is 1.61. The van der Waals surface area contributed by atoms with Gasteiger partial charge in [0, 0.05) is 17.8 Å². The van der Waals surface area contributed by atoms with Crippen molar-refractivity contribution in [3.05, 3.63) is 131 Å². The maximum atomic E-state index is 13.1. The molecule has 190 valence electrons. The number of nitrogens with one attached hydrogen (secondary N) is 1. The van der Waals surface area contributed by atoms with Crippen LogP contribution < -0.4 is 14.8 Å². The van der Waals surface area contributed by atoms with Crippen molar-refractivity contribution in [3.63, 3.8) is 0 Å². The minimum Gasteiger partial charge on any atom is -0.493 e. The van der Waals surface area contributed by atoms with E-state index >= 15 is 0 Å². The number of nitrogens with zero attached hydrogens (tertiary/aromatic N) is 1. The van der Waals surface area contributed by atoms with Gasteiger partial charge in [0.15, 0.2) is 11.5 Å². The van der Waals surface area contributed by atoms with Gasteiger partial charge in [-0.1, -0.05) is 54.6 Å². The highest BCUT2D eigenvalue weighted by molar-refractivity contribution is 5.83. The molecule has 1 aliphatic heterocycles. The molecule has 0 aromatic heterocycles. The molecule has 0 fully saturated rings. The number of methoxy groups -OCH3 is 1. The standard InChI is InChI=1S/C33H29FN2O2/c1-37-32-19-23(11-18-31(32)38-21-22-9-14-25(34)15-10-22)20-35-26-16-12-24(13-17-26)33-29-7-4-6-27(29)28-5-2-3-8-30(28)36-33/h2-6,8-20,27,29,33,36H,7,21H2,1H3/t27-,29+,33-/m0/s1. The Balaban J connectivity index is 1.14. The molecule has 0 amide bonds. The van der Waals surface area contributed by atoms with E-state index in [-0.39, 0.29) is 11.9 Å². The molecule has 5 heteroatoms. The highest BCUT2D eigenvalue weighted by Crippen LogP contribution is 2.49. The van der Waals surface area contributed by atoms with Crippen molar-refractivity contribution in [3.8, 4) is 11.5 Å². The minimum atomic E-state index is -0.263. The summed E-state index contributed by atoms with van der Waals surface area (Å²) in [5.74, 6) is 1.97. The van der Waals surface area contributed by atoms with Crippen molar-refractivity contribution in [2.45, 2.75) is 25.0 Å². The van der Waals surface area contributed by atoms with Crippen LogP contribution in [0, 0.1) is 11.7 Å². The Bertz CT molecular complexity index is 1480. The lowest BCUT2D eigenvalue weighted by atomic mass is 9.77. The fourth-order valence-corrected chi connectivity index (χ4v) is 5.42. The van der Waals surface area contributed by atoms with E-state index in [0.29, 0.717) is 29.9 Å². The van der Waals surface area contributed by atoms with Gasteiger partial charge >= 0.3 is 0 Å². The molecule has 4 nitrogen and oxygen atoms in total. The average molecular weight is 505 g/mol. The molecule has 0 unspecified atom stereocenters. The SMILES string of the molecule is COc1cc(C=Nc2ccc([C@@H]3Nc4ccccc4[C@@H]4C=CC[C@H]43)cc2)ccc1OCc1ccc(F)cc1. The van der Waals surface area contributed by atoms with E-state index in [1.165, 1.54) is 28.9 Å². The number of fused-ring (bicyclic) bond motifs is 3. The van der Waals surface area contributed by atoms with E-state index in [4.69, 9.17) is 9.47 Å². The number of allylic oxidation sites excluding steroid dienone is 2. The third-order valence-corrected chi connectivity index (χ3v) is 7.38. The second-order valence-electron chi connectivity index (χ2n) is 9.74. The third kappa shape index (κ3) is 4.92. The first-order valence-corrected chi connectivity index (χ1v) is 12.9. The van der Waals surface area contributed by atoms with Crippen LogP contribution >= 0.6 is 0 Å². The number of halogens is 1.